The van der Waals surface area contributed by atoms with Gasteiger partial charge in [0.1, 0.15) is 5.75 Å². The molecule has 2 aliphatic heterocycles. The smallest absolute Gasteiger partial charge is 0.417 e. The highest BCUT2D eigenvalue weighted by atomic mass is 16.5. The normalized spacial score (nSPS) is 22.2. The lowest BCUT2D eigenvalue weighted by molar-refractivity contribution is -0.0495. The Labute approximate surface area is 173 Å². The number of aromatic nitrogens is 1. The van der Waals surface area contributed by atoms with Crippen molar-refractivity contribution in [2.24, 2.45) is 5.41 Å². The van der Waals surface area contributed by atoms with Crippen LogP contribution in [0.2, 0.25) is 0 Å². The lowest BCUT2D eigenvalue weighted by Gasteiger charge is -2.53. The first-order valence-electron chi connectivity index (χ1n) is 10.4. The van der Waals surface area contributed by atoms with Gasteiger partial charge in [0.05, 0.1) is 17.7 Å². The molecule has 7 nitrogen and oxygen atoms in total. The molecule has 1 spiro atoms. The lowest BCUT2D eigenvalue weighted by atomic mass is 9.63. The van der Waals surface area contributed by atoms with Crippen LogP contribution in [0.3, 0.4) is 0 Å². The van der Waals surface area contributed by atoms with E-state index in [0.717, 1.165) is 42.8 Å². The molecule has 1 atom stereocenters. The fraction of sp³-hybridized carbons (Fsp3) is 0.391. The molecule has 0 radical (unpaired) electrons. The van der Waals surface area contributed by atoms with E-state index >= 15 is 0 Å². The zero-order valence-electron chi connectivity index (χ0n) is 16.7. The van der Waals surface area contributed by atoms with Crippen molar-refractivity contribution in [3.63, 3.8) is 0 Å². The summed E-state index contributed by atoms with van der Waals surface area (Å²) in [5.74, 6) is 0.310. The maximum Gasteiger partial charge on any atom is 0.417 e. The number of rotatable bonds is 4. The van der Waals surface area contributed by atoms with Gasteiger partial charge in [0.2, 0.25) is 0 Å². The Kier molecular flexibility index (Phi) is 3.68. The Hall–Kier alpha value is -3.06. The molecule has 1 amide bonds. The molecule has 3 aliphatic rings. The molecule has 2 aromatic carbocycles. The van der Waals surface area contributed by atoms with Gasteiger partial charge in [-0.15, -0.1) is 0 Å². The number of benzene rings is 2. The number of ether oxygens (including phenoxy) is 1. The van der Waals surface area contributed by atoms with E-state index in [0.29, 0.717) is 28.6 Å². The zero-order valence-corrected chi connectivity index (χ0v) is 16.7. The van der Waals surface area contributed by atoms with E-state index in [1.54, 1.807) is 0 Å². The van der Waals surface area contributed by atoms with E-state index in [1.807, 2.05) is 48.2 Å². The van der Waals surface area contributed by atoms with Crippen LogP contribution in [0, 0.1) is 5.41 Å². The Morgan fingerprint density at radius 2 is 2.00 bits per heavy atom. The number of hydrogen-bond donors (Lipinski definition) is 2. The number of nitrogens with one attached hydrogen (secondary N) is 2. The van der Waals surface area contributed by atoms with Crippen molar-refractivity contribution in [1.29, 1.82) is 0 Å². The molecule has 2 N–H and O–H groups in total. The van der Waals surface area contributed by atoms with Gasteiger partial charge in [0.25, 0.3) is 5.91 Å². The van der Waals surface area contributed by atoms with Crippen molar-refractivity contribution >= 4 is 17.0 Å². The molecule has 1 saturated carbocycles. The summed E-state index contributed by atoms with van der Waals surface area (Å²) in [6.07, 6.45) is 2.43. The predicted molar refractivity (Wildman–Crippen MR) is 111 cm³/mol. The van der Waals surface area contributed by atoms with E-state index in [-0.39, 0.29) is 18.1 Å². The van der Waals surface area contributed by atoms with Crippen molar-refractivity contribution < 1.29 is 13.9 Å². The monoisotopic (exact) mass is 405 g/mol. The third kappa shape index (κ3) is 2.69. The summed E-state index contributed by atoms with van der Waals surface area (Å²) >= 11 is 0. The molecular formula is C23H23N3O4. The topological polar surface area (TPSA) is 87.6 Å². The fourth-order valence-corrected chi connectivity index (χ4v) is 5.10. The molecule has 154 valence electrons. The Morgan fingerprint density at radius 1 is 1.17 bits per heavy atom. The van der Waals surface area contributed by atoms with Gasteiger partial charge >= 0.3 is 5.76 Å². The van der Waals surface area contributed by atoms with Gasteiger partial charge in [-0.05, 0) is 55.2 Å². The third-order valence-electron chi connectivity index (χ3n) is 6.90. The van der Waals surface area contributed by atoms with Crippen LogP contribution in [-0.4, -0.2) is 35.0 Å². The molecule has 30 heavy (non-hydrogen) atoms. The van der Waals surface area contributed by atoms with Crippen LogP contribution in [0.4, 0.5) is 0 Å². The molecule has 6 rings (SSSR count). The van der Waals surface area contributed by atoms with Gasteiger partial charge < -0.3 is 19.4 Å². The second kappa shape index (κ2) is 6.22. The minimum absolute atomic E-state index is 0.00633. The van der Waals surface area contributed by atoms with Crippen LogP contribution < -0.4 is 15.8 Å². The highest BCUT2D eigenvalue weighted by Crippen LogP contribution is 2.46. The summed E-state index contributed by atoms with van der Waals surface area (Å²) in [4.78, 5) is 29.0. The van der Waals surface area contributed by atoms with E-state index in [1.165, 1.54) is 0 Å². The minimum atomic E-state index is -0.473. The number of carbonyl (C=O) groups excluding carboxylic acids is 1. The van der Waals surface area contributed by atoms with Crippen LogP contribution in [-0.2, 0) is 6.54 Å². The number of fused-ring (bicyclic) bond motifs is 2. The van der Waals surface area contributed by atoms with E-state index in [4.69, 9.17) is 9.15 Å². The van der Waals surface area contributed by atoms with Crippen molar-refractivity contribution in [2.75, 3.05) is 13.1 Å². The number of oxazole rings is 1. The third-order valence-corrected chi connectivity index (χ3v) is 6.90. The molecule has 3 heterocycles. The quantitative estimate of drug-likeness (QED) is 0.697. The van der Waals surface area contributed by atoms with Crippen LogP contribution >= 0.6 is 0 Å². The van der Waals surface area contributed by atoms with Crippen LogP contribution in [0.5, 0.6) is 5.75 Å². The predicted octanol–water partition coefficient (Wildman–Crippen LogP) is 2.97. The Balaban J connectivity index is 1.20. The van der Waals surface area contributed by atoms with Crippen LogP contribution in [0.1, 0.15) is 47.3 Å². The molecule has 2 fully saturated rings. The largest absolute Gasteiger partial charge is 0.490 e. The van der Waals surface area contributed by atoms with Gasteiger partial charge in [-0.2, -0.15) is 0 Å². The summed E-state index contributed by atoms with van der Waals surface area (Å²) in [6.45, 7) is 4.69. The molecular weight excluding hydrogens is 382 g/mol. The molecule has 1 aliphatic carbocycles. The number of aromatic amines is 1. The second-order valence-corrected chi connectivity index (χ2v) is 8.95. The number of amides is 1. The van der Waals surface area contributed by atoms with Crippen molar-refractivity contribution in [3.8, 4) is 5.75 Å². The average molecular weight is 405 g/mol. The first-order valence-corrected chi connectivity index (χ1v) is 10.4. The maximum absolute atomic E-state index is 13.1. The van der Waals surface area contributed by atoms with Gasteiger partial charge in [-0.3, -0.25) is 9.78 Å². The summed E-state index contributed by atoms with van der Waals surface area (Å²) in [7, 11) is 0. The molecule has 0 bridgehead atoms. The number of carbonyl (C=O) groups is 1. The highest BCUT2D eigenvalue weighted by molar-refractivity contribution is 5.99. The minimum Gasteiger partial charge on any atom is -0.490 e. The average Bonchev–Trinajstić information content (AvgIpc) is 3.14. The van der Waals surface area contributed by atoms with E-state index < -0.39 is 5.76 Å². The molecule has 3 aromatic rings. The summed E-state index contributed by atoms with van der Waals surface area (Å²) in [6, 6.07) is 11.4. The fourth-order valence-electron chi connectivity index (χ4n) is 5.10. The van der Waals surface area contributed by atoms with E-state index in [2.05, 4.69) is 10.3 Å². The Morgan fingerprint density at radius 3 is 2.77 bits per heavy atom. The molecule has 1 aromatic heterocycles. The molecule has 1 unspecified atom stereocenters. The van der Waals surface area contributed by atoms with Crippen molar-refractivity contribution in [3.05, 3.63) is 63.6 Å². The molecule has 1 saturated heterocycles. The standard InChI is InChI=1S/C23H23N3O4/c1-13-17-4-3-15(29-16-8-23(9-16)11-24-12-23)7-18(17)21(27)26(13)10-14-2-5-19-20(6-14)30-22(28)25-19/h2-7,13,16,24H,8-12H2,1H3,(H,25,28). The highest BCUT2D eigenvalue weighted by Gasteiger charge is 2.49. The lowest BCUT2D eigenvalue weighted by Crippen LogP contribution is -2.62. The Bertz CT molecular complexity index is 1210. The second-order valence-electron chi connectivity index (χ2n) is 8.95. The first kappa shape index (κ1) is 17.8. The van der Waals surface area contributed by atoms with Gasteiger partial charge in [-0.1, -0.05) is 12.1 Å². The van der Waals surface area contributed by atoms with Crippen LogP contribution in [0.15, 0.2) is 45.6 Å². The number of nitrogens with zero attached hydrogens (tertiary/aromatic N) is 1. The summed E-state index contributed by atoms with van der Waals surface area (Å²) < 4.78 is 11.3. The van der Waals surface area contributed by atoms with Crippen molar-refractivity contribution in [1.82, 2.24) is 15.2 Å². The van der Waals surface area contributed by atoms with Gasteiger partial charge in [0, 0.05) is 30.6 Å². The molecule has 7 heteroatoms. The zero-order chi connectivity index (χ0) is 20.5. The van der Waals surface area contributed by atoms with Gasteiger partial charge in [-0.25, -0.2) is 4.79 Å². The van der Waals surface area contributed by atoms with Gasteiger partial charge in [0.15, 0.2) is 5.58 Å². The maximum atomic E-state index is 13.1. The number of H-pyrrole nitrogens is 1. The van der Waals surface area contributed by atoms with E-state index in [9.17, 15) is 9.59 Å². The number of hydrogen-bond acceptors (Lipinski definition) is 5. The SMILES string of the molecule is CC1c2ccc(OC3CC4(CNC4)C3)cc2C(=O)N1Cc1ccc2[nH]c(=O)oc2c1. The first-order chi connectivity index (χ1) is 14.5. The van der Waals surface area contributed by atoms with Crippen molar-refractivity contribution in [2.45, 2.75) is 38.5 Å². The van der Waals surface area contributed by atoms with Crippen LogP contribution in [0.25, 0.3) is 11.1 Å². The summed E-state index contributed by atoms with van der Waals surface area (Å²) in [5, 5.41) is 3.34. The summed E-state index contributed by atoms with van der Waals surface area (Å²) in [5.41, 5.74) is 4.28.